The first-order valence-electron chi connectivity index (χ1n) is 23.5. The highest BCUT2D eigenvalue weighted by molar-refractivity contribution is 5.99. The Bertz CT molecular complexity index is 1740. The number of methoxy groups -OCH3 is 1. The van der Waals surface area contributed by atoms with Crippen molar-refractivity contribution in [3.8, 4) is 0 Å². The molecule has 1 aromatic rings. The summed E-state index contributed by atoms with van der Waals surface area (Å²) in [6.07, 6.45) is 1.92. The highest BCUT2D eigenvalue weighted by Gasteiger charge is 2.86. The molecular weight excluding hydrogens is 837 g/mol. The highest BCUT2D eigenvalue weighted by Crippen LogP contribution is 2.59. The normalized spacial score (nSPS) is 25.6. The van der Waals surface area contributed by atoms with Crippen LogP contribution in [0.3, 0.4) is 0 Å². The monoisotopic (exact) mass is 919 g/mol. The predicted molar refractivity (Wildman–Crippen MR) is 245 cm³/mol. The molecule has 0 saturated carbocycles. The van der Waals surface area contributed by atoms with Gasteiger partial charge in [0.2, 0.25) is 23.1 Å². The molecule has 2 heterocycles. The van der Waals surface area contributed by atoms with Crippen molar-refractivity contribution >= 4 is 23.9 Å². The number of fused-ring (bicyclic) bond motifs is 2. The van der Waals surface area contributed by atoms with Gasteiger partial charge in [-0.1, -0.05) is 95.7 Å². The summed E-state index contributed by atoms with van der Waals surface area (Å²) in [6.45, 7) is 27.5. The number of benzene rings is 1. The lowest BCUT2D eigenvalue weighted by atomic mass is 9.74. The number of hydrogen-bond acceptors (Lipinski definition) is 14. The van der Waals surface area contributed by atoms with Crippen LogP contribution in [-0.4, -0.2) is 107 Å². The predicted octanol–water partition coefficient (Wildman–Crippen LogP) is 9.05. The van der Waals surface area contributed by atoms with Gasteiger partial charge in [0.1, 0.15) is 35.1 Å². The zero-order valence-electron chi connectivity index (χ0n) is 42.2. The van der Waals surface area contributed by atoms with Crippen LogP contribution >= 0.6 is 0 Å². The number of ether oxygens (including phenoxy) is 9. The molecule has 65 heavy (non-hydrogen) atoms. The first-order valence-corrected chi connectivity index (χ1v) is 23.5. The van der Waals surface area contributed by atoms with E-state index in [1.807, 2.05) is 37.3 Å². The maximum Gasteiger partial charge on any atom is 0.346 e. The van der Waals surface area contributed by atoms with Gasteiger partial charge in [-0.2, -0.15) is 0 Å². The van der Waals surface area contributed by atoms with Crippen LogP contribution in [0.1, 0.15) is 167 Å². The maximum atomic E-state index is 15.4. The Hall–Kier alpha value is -3.40. The third-order valence-electron chi connectivity index (χ3n) is 11.3. The second kappa shape index (κ2) is 22.6. The van der Waals surface area contributed by atoms with E-state index in [0.717, 1.165) is 44.1 Å². The standard InChI is InChI=1S/C51H82O14/c1-17-18-19-20-21-22-23-27-32-58-40-39(60-48(14,15)57-16)49(31-30-34(2)38(59-36(4)52)35(3)33-37-28-25-24-26-29-37)61-41(42(53)62-45(5,6)7)50(56,43(54)63-46(8,9)10)51(40,65-49)44(55)64-47(11,12)13/h24-26,28-29,35,38-41,56H,2,17-23,27,30-33H2,1,3-16H3/t35?,38?,39-,40-,41-,49-,50-,51-/m1/s1. The molecule has 1 aromatic carbocycles. The Morgan fingerprint density at radius 1 is 0.785 bits per heavy atom. The minimum Gasteiger partial charge on any atom is -0.458 e. The van der Waals surface area contributed by atoms with Gasteiger partial charge < -0.3 is 47.7 Å². The molecule has 370 valence electrons. The van der Waals surface area contributed by atoms with E-state index < -0.39 is 87.9 Å². The van der Waals surface area contributed by atoms with Gasteiger partial charge in [-0.3, -0.25) is 4.79 Å². The van der Waals surface area contributed by atoms with Crippen molar-refractivity contribution in [1.82, 2.24) is 0 Å². The number of unbranched alkanes of at least 4 members (excludes halogenated alkanes) is 7. The van der Waals surface area contributed by atoms with Gasteiger partial charge in [-0.25, -0.2) is 14.4 Å². The number of carbonyl (C=O) groups excluding carboxylic acids is 4. The molecule has 0 spiro atoms. The van der Waals surface area contributed by atoms with E-state index in [1.165, 1.54) is 20.5 Å². The van der Waals surface area contributed by atoms with Gasteiger partial charge in [0, 0.05) is 33.0 Å². The fourth-order valence-electron chi connectivity index (χ4n) is 8.31. The summed E-state index contributed by atoms with van der Waals surface area (Å²) in [6, 6.07) is 9.75. The Kier molecular flexibility index (Phi) is 19.4. The second-order valence-electron chi connectivity index (χ2n) is 21.2. The zero-order chi connectivity index (χ0) is 49.2. The topological polar surface area (TPSA) is 172 Å². The first-order chi connectivity index (χ1) is 30.0. The Labute approximate surface area is 389 Å². The van der Waals surface area contributed by atoms with E-state index in [4.69, 9.17) is 42.6 Å². The van der Waals surface area contributed by atoms with Crippen molar-refractivity contribution in [2.45, 2.75) is 232 Å². The van der Waals surface area contributed by atoms with E-state index >= 15 is 4.79 Å². The van der Waals surface area contributed by atoms with E-state index in [0.29, 0.717) is 18.4 Å². The number of esters is 4. The van der Waals surface area contributed by atoms with E-state index in [-0.39, 0.29) is 25.4 Å². The Morgan fingerprint density at radius 2 is 1.32 bits per heavy atom. The van der Waals surface area contributed by atoms with Gasteiger partial charge in [-0.05, 0) is 107 Å². The minimum absolute atomic E-state index is 0.00536. The lowest BCUT2D eigenvalue weighted by molar-refractivity contribution is -0.387. The van der Waals surface area contributed by atoms with Crippen LogP contribution < -0.4 is 0 Å². The molecule has 14 heteroatoms. The van der Waals surface area contributed by atoms with Crippen LogP contribution in [0.5, 0.6) is 0 Å². The molecule has 1 N–H and O–H groups in total. The summed E-state index contributed by atoms with van der Waals surface area (Å²) in [5.74, 6) is -8.24. The quantitative estimate of drug-likeness (QED) is 0.0342. The largest absolute Gasteiger partial charge is 0.458 e. The van der Waals surface area contributed by atoms with Crippen LogP contribution in [0.15, 0.2) is 42.5 Å². The average Bonchev–Trinajstić information content (AvgIpc) is 3.41. The molecule has 0 radical (unpaired) electrons. The summed E-state index contributed by atoms with van der Waals surface area (Å²) in [5.41, 5.74) is -8.37. The third kappa shape index (κ3) is 14.8. The van der Waals surface area contributed by atoms with Gasteiger partial charge in [0.15, 0.2) is 5.79 Å². The molecule has 2 aliphatic heterocycles. The van der Waals surface area contributed by atoms with Crippen molar-refractivity contribution in [2.75, 3.05) is 13.7 Å². The van der Waals surface area contributed by atoms with Gasteiger partial charge in [0.25, 0.3) is 0 Å². The molecule has 2 aliphatic rings. The summed E-state index contributed by atoms with van der Waals surface area (Å²) < 4.78 is 56.8. The molecule has 8 atom stereocenters. The molecule has 2 bridgehead atoms. The fraction of sp³-hybridized carbons (Fsp3) is 0.765. The van der Waals surface area contributed by atoms with Crippen LogP contribution in [0.4, 0.5) is 0 Å². The minimum atomic E-state index is -3.31. The summed E-state index contributed by atoms with van der Waals surface area (Å²) >= 11 is 0. The molecule has 0 aromatic heterocycles. The van der Waals surface area contributed by atoms with Crippen LogP contribution in [0.25, 0.3) is 0 Å². The first kappa shape index (κ1) is 55.9. The highest BCUT2D eigenvalue weighted by atomic mass is 16.8. The smallest absolute Gasteiger partial charge is 0.346 e. The molecule has 3 rings (SSSR count). The number of hydrogen-bond donors (Lipinski definition) is 1. The Balaban J connectivity index is 2.36. The zero-order valence-corrected chi connectivity index (χ0v) is 42.2. The van der Waals surface area contributed by atoms with Gasteiger partial charge >= 0.3 is 23.9 Å². The van der Waals surface area contributed by atoms with E-state index in [2.05, 4.69) is 13.5 Å². The molecule has 2 fully saturated rings. The van der Waals surface area contributed by atoms with E-state index in [9.17, 15) is 19.5 Å². The molecular formula is C51H82O14. The average molecular weight is 919 g/mol. The van der Waals surface area contributed by atoms with Crippen molar-refractivity contribution in [1.29, 1.82) is 0 Å². The summed E-state index contributed by atoms with van der Waals surface area (Å²) in [5, 5.41) is 13.4. The second-order valence-corrected chi connectivity index (χ2v) is 21.2. The molecule has 0 aliphatic carbocycles. The summed E-state index contributed by atoms with van der Waals surface area (Å²) in [7, 11) is 1.43. The third-order valence-corrected chi connectivity index (χ3v) is 11.3. The van der Waals surface area contributed by atoms with Crippen LogP contribution in [0.2, 0.25) is 0 Å². The molecule has 0 amide bonds. The van der Waals surface area contributed by atoms with Crippen molar-refractivity contribution in [2.24, 2.45) is 5.92 Å². The number of aliphatic hydroxyl groups is 1. The lowest BCUT2D eigenvalue weighted by Gasteiger charge is -2.51. The van der Waals surface area contributed by atoms with E-state index in [1.54, 1.807) is 76.2 Å². The van der Waals surface area contributed by atoms with Crippen molar-refractivity contribution < 1.29 is 66.9 Å². The van der Waals surface area contributed by atoms with Crippen molar-refractivity contribution in [3.05, 3.63) is 48.0 Å². The van der Waals surface area contributed by atoms with Crippen molar-refractivity contribution in [3.63, 3.8) is 0 Å². The van der Waals surface area contributed by atoms with Gasteiger partial charge in [0.05, 0.1) is 0 Å². The van der Waals surface area contributed by atoms with Crippen LogP contribution in [-0.2, 0) is 68.2 Å². The molecule has 2 saturated heterocycles. The fourth-order valence-corrected chi connectivity index (χ4v) is 8.31. The van der Waals surface area contributed by atoms with Gasteiger partial charge in [-0.15, -0.1) is 0 Å². The summed E-state index contributed by atoms with van der Waals surface area (Å²) in [4.78, 5) is 57.7. The molecule has 14 nitrogen and oxygen atoms in total. The SMILES string of the molecule is C=C(CC[C@@]12O[C@H](C(=O)OC(C)(C)C)[C@@](O)(C(=O)OC(C)(C)C)[C@@](C(=O)OC(C)(C)C)(O1)[C@H](OCCCCCCCCCC)[C@H]2OC(C)(C)OC)C(OC(C)=O)C(C)Cc1ccccc1. The van der Waals surface area contributed by atoms with Crippen LogP contribution in [0, 0.1) is 5.92 Å². The molecule has 2 unspecified atom stereocenters. The maximum absolute atomic E-state index is 15.4. The lowest BCUT2D eigenvalue weighted by Crippen LogP contribution is -2.79. The number of carbonyl (C=O) groups is 4. The Morgan fingerprint density at radius 3 is 1.85 bits per heavy atom. The number of rotatable bonds is 24.